The maximum Gasteiger partial charge on any atom is 0.326 e. The molecule has 4 nitrogen and oxygen atoms in total. The van der Waals surface area contributed by atoms with Crippen LogP contribution in [0.15, 0.2) is 23.0 Å². The van der Waals surface area contributed by atoms with Crippen LogP contribution in [0.5, 0.6) is 0 Å². The van der Waals surface area contributed by atoms with Crippen molar-refractivity contribution in [2.24, 2.45) is 5.92 Å². The summed E-state index contributed by atoms with van der Waals surface area (Å²) in [5.41, 5.74) is 2.43. The minimum absolute atomic E-state index is 0.00299. The third kappa shape index (κ3) is 1.88. The highest BCUT2D eigenvalue weighted by Gasteiger charge is 2.08. The van der Waals surface area contributed by atoms with Crippen LogP contribution >= 0.6 is 0 Å². The van der Waals surface area contributed by atoms with Crippen LogP contribution in [-0.4, -0.2) is 14.7 Å². The third-order valence-corrected chi connectivity index (χ3v) is 2.57. The first-order valence-electron chi connectivity index (χ1n) is 5.44. The van der Waals surface area contributed by atoms with E-state index in [4.69, 9.17) is 5.11 Å². The van der Waals surface area contributed by atoms with E-state index in [1.807, 2.05) is 18.2 Å². The molecule has 0 aliphatic heterocycles. The summed E-state index contributed by atoms with van der Waals surface area (Å²) in [5, 5.41) is 9.08. The van der Waals surface area contributed by atoms with Gasteiger partial charge in [-0.15, -0.1) is 0 Å². The maximum absolute atomic E-state index is 11.7. The quantitative estimate of drug-likeness (QED) is 0.823. The molecule has 16 heavy (non-hydrogen) atoms. The fourth-order valence-corrected chi connectivity index (χ4v) is 1.84. The van der Waals surface area contributed by atoms with Crippen molar-refractivity contribution < 1.29 is 5.11 Å². The SMILES string of the molecule is CC(C)Cn1c(=O)[nH]c2ccc(CO)cc21. The number of H-pyrrole nitrogens is 1. The molecular formula is C12H16N2O2. The summed E-state index contributed by atoms with van der Waals surface area (Å²) in [7, 11) is 0. The first kappa shape index (κ1) is 11.0. The Bertz CT molecular complexity index is 552. The second-order valence-electron chi connectivity index (χ2n) is 4.44. The largest absolute Gasteiger partial charge is 0.392 e. The molecule has 2 aromatic rings. The van der Waals surface area contributed by atoms with E-state index < -0.39 is 0 Å². The van der Waals surface area contributed by atoms with Crippen LogP contribution in [-0.2, 0) is 13.2 Å². The molecule has 1 heterocycles. The van der Waals surface area contributed by atoms with Crippen LogP contribution in [0.2, 0.25) is 0 Å². The number of aromatic nitrogens is 2. The predicted molar refractivity (Wildman–Crippen MR) is 63.3 cm³/mol. The normalized spacial score (nSPS) is 11.5. The minimum Gasteiger partial charge on any atom is -0.392 e. The molecule has 0 amide bonds. The summed E-state index contributed by atoms with van der Waals surface area (Å²) in [6, 6.07) is 5.51. The van der Waals surface area contributed by atoms with Crippen molar-refractivity contribution in [3.8, 4) is 0 Å². The van der Waals surface area contributed by atoms with Gasteiger partial charge in [0.25, 0.3) is 0 Å². The number of fused-ring (bicyclic) bond motifs is 1. The summed E-state index contributed by atoms with van der Waals surface area (Å²) < 4.78 is 1.72. The number of aliphatic hydroxyl groups excluding tert-OH is 1. The number of rotatable bonds is 3. The Morgan fingerprint density at radius 3 is 2.81 bits per heavy atom. The van der Waals surface area contributed by atoms with Gasteiger partial charge in [-0.25, -0.2) is 4.79 Å². The zero-order valence-corrected chi connectivity index (χ0v) is 9.53. The second kappa shape index (κ2) is 4.14. The Hall–Kier alpha value is -1.55. The van der Waals surface area contributed by atoms with E-state index in [0.717, 1.165) is 16.6 Å². The second-order valence-corrected chi connectivity index (χ2v) is 4.44. The van der Waals surface area contributed by atoms with Crippen molar-refractivity contribution in [3.63, 3.8) is 0 Å². The Balaban J connectivity index is 2.61. The van der Waals surface area contributed by atoms with Crippen molar-refractivity contribution in [3.05, 3.63) is 34.2 Å². The molecule has 1 aromatic carbocycles. The Kier molecular flexibility index (Phi) is 2.83. The van der Waals surface area contributed by atoms with E-state index in [0.29, 0.717) is 12.5 Å². The first-order valence-corrected chi connectivity index (χ1v) is 5.44. The molecule has 0 saturated heterocycles. The van der Waals surface area contributed by atoms with Gasteiger partial charge in [-0.3, -0.25) is 4.57 Å². The first-order chi connectivity index (χ1) is 7.61. The maximum atomic E-state index is 11.7. The van der Waals surface area contributed by atoms with Crippen molar-refractivity contribution in [1.29, 1.82) is 0 Å². The van der Waals surface area contributed by atoms with Gasteiger partial charge in [-0.05, 0) is 23.6 Å². The number of benzene rings is 1. The summed E-state index contributed by atoms with van der Waals surface area (Å²) in [6.07, 6.45) is 0. The molecule has 4 heteroatoms. The van der Waals surface area contributed by atoms with Crippen LogP contribution in [0.25, 0.3) is 11.0 Å². The molecule has 0 atom stereocenters. The van der Waals surface area contributed by atoms with Gasteiger partial charge in [0.1, 0.15) is 0 Å². The van der Waals surface area contributed by atoms with Crippen LogP contribution in [0.1, 0.15) is 19.4 Å². The molecule has 0 unspecified atom stereocenters. The molecule has 0 radical (unpaired) electrons. The molecule has 0 aliphatic rings. The van der Waals surface area contributed by atoms with E-state index in [9.17, 15) is 4.79 Å². The van der Waals surface area contributed by atoms with E-state index in [2.05, 4.69) is 18.8 Å². The minimum atomic E-state index is -0.0845. The monoisotopic (exact) mass is 220 g/mol. The van der Waals surface area contributed by atoms with Crippen LogP contribution < -0.4 is 5.69 Å². The molecule has 0 saturated carbocycles. The number of aliphatic hydroxyl groups is 1. The average Bonchev–Trinajstić information content (AvgIpc) is 2.54. The van der Waals surface area contributed by atoms with Crippen LogP contribution in [0, 0.1) is 5.92 Å². The number of hydrogen-bond acceptors (Lipinski definition) is 2. The fourth-order valence-electron chi connectivity index (χ4n) is 1.84. The molecule has 2 rings (SSSR count). The third-order valence-electron chi connectivity index (χ3n) is 2.57. The van der Waals surface area contributed by atoms with Gasteiger partial charge in [0.15, 0.2) is 0 Å². The molecule has 86 valence electrons. The van der Waals surface area contributed by atoms with Gasteiger partial charge in [-0.1, -0.05) is 19.9 Å². The standard InChI is InChI=1S/C12H16N2O2/c1-8(2)6-14-11-5-9(7-15)3-4-10(11)13-12(14)16/h3-5,8,15H,6-7H2,1-2H3,(H,13,16). The molecule has 1 aromatic heterocycles. The summed E-state index contributed by atoms with van der Waals surface area (Å²) in [6.45, 7) is 4.83. The van der Waals surface area contributed by atoms with E-state index >= 15 is 0 Å². The molecule has 0 spiro atoms. The topological polar surface area (TPSA) is 58.0 Å². The van der Waals surface area contributed by atoms with Gasteiger partial charge >= 0.3 is 5.69 Å². The lowest BCUT2D eigenvalue weighted by atomic mass is 10.2. The molecular weight excluding hydrogens is 204 g/mol. The molecule has 0 fully saturated rings. The number of nitrogens with zero attached hydrogens (tertiary/aromatic N) is 1. The van der Waals surface area contributed by atoms with E-state index in [-0.39, 0.29) is 12.3 Å². The van der Waals surface area contributed by atoms with Crippen molar-refractivity contribution in [2.75, 3.05) is 0 Å². The molecule has 2 N–H and O–H groups in total. The Labute approximate surface area is 93.5 Å². The Morgan fingerprint density at radius 1 is 1.44 bits per heavy atom. The van der Waals surface area contributed by atoms with Crippen molar-refractivity contribution in [1.82, 2.24) is 9.55 Å². The summed E-state index contributed by atoms with van der Waals surface area (Å²) in [4.78, 5) is 14.5. The molecule has 0 bridgehead atoms. The van der Waals surface area contributed by atoms with Crippen molar-refractivity contribution >= 4 is 11.0 Å². The Morgan fingerprint density at radius 2 is 2.19 bits per heavy atom. The average molecular weight is 220 g/mol. The number of imidazole rings is 1. The van der Waals surface area contributed by atoms with Gasteiger partial charge in [0.05, 0.1) is 17.6 Å². The highest BCUT2D eigenvalue weighted by atomic mass is 16.3. The lowest BCUT2D eigenvalue weighted by molar-refractivity contribution is 0.282. The van der Waals surface area contributed by atoms with Gasteiger partial charge in [0, 0.05) is 6.54 Å². The number of aromatic amines is 1. The zero-order valence-electron chi connectivity index (χ0n) is 9.53. The van der Waals surface area contributed by atoms with E-state index in [1.54, 1.807) is 4.57 Å². The van der Waals surface area contributed by atoms with Crippen LogP contribution in [0.3, 0.4) is 0 Å². The van der Waals surface area contributed by atoms with Gasteiger partial charge in [-0.2, -0.15) is 0 Å². The summed E-state index contributed by atoms with van der Waals surface area (Å²) >= 11 is 0. The molecule has 0 aliphatic carbocycles. The van der Waals surface area contributed by atoms with E-state index in [1.165, 1.54) is 0 Å². The smallest absolute Gasteiger partial charge is 0.326 e. The predicted octanol–water partition coefficient (Wildman–Crippen LogP) is 1.48. The zero-order chi connectivity index (χ0) is 11.7. The van der Waals surface area contributed by atoms with Gasteiger partial charge in [0.2, 0.25) is 0 Å². The number of hydrogen-bond donors (Lipinski definition) is 2. The highest BCUT2D eigenvalue weighted by Crippen LogP contribution is 2.14. The van der Waals surface area contributed by atoms with Gasteiger partial charge < -0.3 is 10.1 Å². The highest BCUT2D eigenvalue weighted by molar-refractivity contribution is 5.76. The lowest BCUT2D eigenvalue weighted by Crippen LogP contribution is -2.19. The number of nitrogens with one attached hydrogen (secondary N) is 1. The lowest BCUT2D eigenvalue weighted by Gasteiger charge is -2.06. The van der Waals surface area contributed by atoms with Crippen molar-refractivity contribution in [2.45, 2.75) is 27.0 Å². The van der Waals surface area contributed by atoms with Crippen LogP contribution in [0.4, 0.5) is 0 Å². The fraction of sp³-hybridized carbons (Fsp3) is 0.417. The summed E-state index contributed by atoms with van der Waals surface area (Å²) in [5.74, 6) is 0.412.